The fourth-order valence-corrected chi connectivity index (χ4v) is 3.33. The maximum absolute atomic E-state index is 11.5. The Bertz CT molecular complexity index is 331. The number of aliphatic carboxylic acids is 1. The van der Waals surface area contributed by atoms with Crippen molar-refractivity contribution >= 4 is 40.2 Å². The summed E-state index contributed by atoms with van der Waals surface area (Å²) in [7, 11) is 0. The van der Waals surface area contributed by atoms with Crippen molar-refractivity contribution in [1.82, 2.24) is 4.90 Å². The van der Waals surface area contributed by atoms with Gasteiger partial charge in [-0.15, -0.1) is 0 Å². The molecule has 1 aliphatic rings. The zero-order valence-corrected chi connectivity index (χ0v) is 13.4. The molecule has 1 rings (SSSR count). The van der Waals surface area contributed by atoms with Crippen LogP contribution in [0.4, 0.5) is 0 Å². The zero-order valence-electron chi connectivity index (χ0n) is 11.8. The highest BCUT2D eigenvalue weighted by molar-refractivity contribution is 8.23. The predicted octanol–water partition coefficient (Wildman–Crippen LogP) is 3.44. The van der Waals surface area contributed by atoms with Crippen molar-refractivity contribution in [2.45, 2.75) is 57.8 Å². The first-order valence-corrected chi connectivity index (χ1v) is 8.69. The predicted molar refractivity (Wildman–Crippen MR) is 86.0 cm³/mol. The Morgan fingerprint density at radius 3 is 2.15 bits per heavy atom. The molecule has 0 aliphatic carbocycles. The van der Waals surface area contributed by atoms with Gasteiger partial charge in [0, 0.05) is 13.0 Å². The van der Waals surface area contributed by atoms with Crippen LogP contribution in [-0.2, 0) is 9.59 Å². The lowest BCUT2D eigenvalue weighted by atomic mass is 10.1. The van der Waals surface area contributed by atoms with E-state index in [9.17, 15) is 9.59 Å². The van der Waals surface area contributed by atoms with E-state index in [2.05, 4.69) is 0 Å². The highest BCUT2D eigenvalue weighted by Crippen LogP contribution is 2.20. The van der Waals surface area contributed by atoms with Crippen molar-refractivity contribution < 1.29 is 14.7 Å². The van der Waals surface area contributed by atoms with Crippen LogP contribution in [0.5, 0.6) is 0 Å². The minimum absolute atomic E-state index is 0.151. The van der Waals surface area contributed by atoms with Gasteiger partial charge in [0.1, 0.15) is 4.32 Å². The molecule has 1 fully saturated rings. The van der Waals surface area contributed by atoms with Crippen LogP contribution in [0.25, 0.3) is 0 Å². The third-order valence-corrected chi connectivity index (χ3v) is 4.80. The van der Waals surface area contributed by atoms with Gasteiger partial charge in [-0.25, -0.2) is 0 Å². The molecule has 0 aromatic rings. The van der Waals surface area contributed by atoms with Crippen molar-refractivity contribution in [2.24, 2.45) is 0 Å². The van der Waals surface area contributed by atoms with Crippen molar-refractivity contribution in [3.63, 3.8) is 0 Å². The molecule has 4 nitrogen and oxygen atoms in total. The van der Waals surface area contributed by atoms with Crippen LogP contribution in [0.2, 0.25) is 0 Å². The van der Waals surface area contributed by atoms with Crippen molar-refractivity contribution in [3.8, 4) is 0 Å². The summed E-state index contributed by atoms with van der Waals surface area (Å²) in [5, 5.41) is 8.50. The fraction of sp³-hybridized carbons (Fsp3) is 0.786. The van der Waals surface area contributed by atoms with E-state index in [1.165, 1.54) is 31.0 Å². The second-order valence-corrected chi connectivity index (χ2v) is 6.68. The fourth-order valence-electron chi connectivity index (χ4n) is 2.20. The number of hydrogen-bond donors (Lipinski definition) is 1. The Morgan fingerprint density at radius 2 is 1.65 bits per heavy atom. The number of thioether (sulfide) groups is 1. The number of carbonyl (C=O) groups excluding carboxylic acids is 1. The summed E-state index contributed by atoms with van der Waals surface area (Å²) in [4.78, 5) is 23.5. The van der Waals surface area contributed by atoms with Gasteiger partial charge in [-0.1, -0.05) is 62.5 Å². The topological polar surface area (TPSA) is 57.6 Å². The first kappa shape index (κ1) is 17.4. The molecule has 1 saturated heterocycles. The standard InChI is InChI=1S/C14H23NO3S2/c16-12-11-20-14(19)15(12)10-8-6-4-2-1-3-5-7-9-13(17)18/h1-11H2,(H,17,18). The molecule has 0 atom stereocenters. The van der Waals surface area contributed by atoms with Crippen molar-refractivity contribution in [2.75, 3.05) is 12.3 Å². The molecule has 0 aromatic heterocycles. The molecule has 0 radical (unpaired) electrons. The van der Waals surface area contributed by atoms with E-state index in [4.69, 9.17) is 17.3 Å². The van der Waals surface area contributed by atoms with E-state index in [1.807, 2.05) is 0 Å². The zero-order chi connectivity index (χ0) is 14.8. The number of carboxylic acids is 1. The van der Waals surface area contributed by atoms with Gasteiger partial charge in [0.25, 0.3) is 0 Å². The molecule has 20 heavy (non-hydrogen) atoms. The molecule has 1 amide bonds. The normalized spacial score (nSPS) is 15.1. The van der Waals surface area contributed by atoms with Gasteiger partial charge < -0.3 is 5.11 Å². The Hall–Kier alpha value is -0.620. The maximum atomic E-state index is 11.5. The van der Waals surface area contributed by atoms with Gasteiger partial charge in [-0.3, -0.25) is 14.5 Å². The molecule has 114 valence electrons. The average molecular weight is 317 g/mol. The van der Waals surface area contributed by atoms with Gasteiger partial charge in [-0.05, 0) is 12.8 Å². The molecule has 6 heteroatoms. The second-order valence-electron chi connectivity index (χ2n) is 5.07. The number of hydrogen-bond acceptors (Lipinski definition) is 4. The Balaban J connectivity index is 1.86. The molecule has 0 bridgehead atoms. The molecular formula is C14H23NO3S2. The maximum Gasteiger partial charge on any atom is 0.303 e. The third-order valence-electron chi connectivity index (χ3n) is 3.36. The molecule has 0 spiro atoms. The molecule has 1 N–H and O–H groups in total. The number of carbonyl (C=O) groups is 2. The van der Waals surface area contributed by atoms with Crippen LogP contribution < -0.4 is 0 Å². The number of thiocarbonyl (C=S) groups is 1. The van der Waals surface area contributed by atoms with Gasteiger partial charge in [0.15, 0.2) is 0 Å². The third kappa shape index (κ3) is 7.24. The number of unbranched alkanes of at least 4 members (excludes halogenated alkanes) is 7. The molecule has 1 heterocycles. The minimum atomic E-state index is -0.697. The van der Waals surface area contributed by atoms with Crippen LogP contribution in [0.1, 0.15) is 57.8 Å². The quantitative estimate of drug-likeness (QED) is 0.467. The van der Waals surface area contributed by atoms with E-state index in [0.717, 1.165) is 43.0 Å². The van der Waals surface area contributed by atoms with Crippen molar-refractivity contribution in [3.05, 3.63) is 0 Å². The lowest BCUT2D eigenvalue weighted by Crippen LogP contribution is -2.29. The van der Waals surface area contributed by atoms with Crippen LogP contribution in [0.15, 0.2) is 0 Å². The summed E-state index contributed by atoms with van der Waals surface area (Å²) in [5.41, 5.74) is 0. The van der Waals surface area contributed by atoms with E-state index < -0.39 is 5.97 Å². The van der Waals surface area contributed by atoms with Crippen LogP contribution >= 0.6 is 24.0 Å². The summed E-state index contributed by atoms with van der Waals surface area (Å²) in [5.74, 6) is -0.0363. The highest BCUT2D eigenvalue weighted by Gasteiger charge is 2.25. The average Bonchev–Trinajstić information content (AvgIpc) is 2.71. The van der Waals surface area contributed by atoms with Gasteiger partial charge in [0.2, 0.25) is 5.91 Å². The summed E-state index contributed by atoms with van der Waals surface area (Å²) < 4.78 is 0.730. The SMILES string of the molecule is O=C(O)CCCCCCCCCCN1C(=O)CSC1=S. The number of amides is 1. The molecule has 0 saturated carbocycles. The number of rotatable bonds is 11. The van der Waals surface area contributed by atoms with E-state index in [0.29, 0.717) is 12.2 Å². The smallest absolute Gasteiger partial charge is 0.303 e. The van der Waals surface area contributed by atoms with Crippen LogP contribution in [0, 0.1) is 0 Å². The summed E-state index contributed by atoms with van der Waals surface area (Å²) >= 11 is 6.58. The van der Waals surface area contributed by atoms with Crippen LogP contribution in [-0.4, -0.2) is 38.5 Å². The highest BCUT2D eigenvalue weighted by atomic mass is 32.2. The summed E-state index contributed by atoms with van der Waals surface area (Å²) in [6.07, 6.45) is 8.93. The first-order chi connectivity index (χ1) is 9.61. The second kappa shape index (κ2) is 10.2. The van der Waals surface area contributed by atoms with Crippen LogP contribution in [0.3, 0.4) is 0 Å². The monoisotopic (exact) mass is 317 g/mol. The van der Waals surface area contributed by atoms with Gasteiger partial charge in [-0.2, -0.15) is 0 Å². The Morgan fingerprint density at radius 1 is 1.10 bits per heavy atom. The number of carboxylic acid groups (broad SMARTS) is 1. The molecule has 0 aromatic carbocycles. The first-order valence-electron chi connectivity index (χ1n) is 7.30. The molecule has 1 aliphatic heterocycles. The van der Waals surface area contributed by atoms with E-state index in [1.54, 1.807) is 4.90 Å². The Kier molecular flexibility index (Phi) is 8.85. The van der Waals surface area contributed by atoms with E-state index in [-0.39, 0.29) is 5.91 Å². The van der Waals surface area contributed by atoms with Crippen molar-refractivity contribution in [1.29, 1.82) is 0 Å². The molecular weight excluding hydrogens is 294 g/mol. The summed E-state index contributed by atoms with van der Waals surface area (Å²) in [6, 6.07) is 0. The lowest BCUT2D eigenvalue weighted by Gasteiger charge is -2.14. The van der Waals surface area contributed by atoms with E-state index >= 15 is 0 Å². The van der Waals surface area contributed by atoms with Gasteiger partial charge in [0.05, 0.1) is 5.75 Å². The number of nitrogens with zero attached hydrogens (tertiary/aromatic N) is 1. The summed E-state index contributed by atoms with van der Waals surface area (Å²) in [6.45, 7) is 0.767. The Labute approximate surface area is 130 Å². The minimum Gasteiger partial charge on any atom is -0.481 e. The largest absolute Gasteiger partial charge is 0.481 e. The molecule has 0 unspecified atom stereocenters. The lowest BCUT2D eigenvalue weighted by molar-refractivity contribution is -0.137. The van der Waals surface area contributed by atoms with Gasteiger partial charge >= 0.3 is 5.97 Å².